The Morgan fingerprint density at radius 3 is 2.70 bits per heavy atom. The van der Waals surface area contributed by atoms with E-state index < -0.39 is 0 Å². The standard InChI is InChI=1S/C19H23N3O5/c1-23-15-5-3-13(9-17(15)24-2)11-22-19(20)21-7-8-25-14-4-6-16-18(10-14)27-12-26-16/h3-6,9-10H,7-8,11-12H2,1-2H3,(H3,20,21,22). The van der Waals surface area contributed by atoms with Crippen molar-refractivity contribution in [2.45, 2.75) is 6.54 Å². The number of hydrogen-bond donors (Lipinski definition) is 2. The Balaban J connectivity index is 1.43. The molecule has 0 fully saturated rings. The Kier molecular flexibility index (Phi) is 6.09. The molecule has 0 saturated heterocycles. The summed E-state index contributed by atoms with van der Waals surface area (Å²) in [6.07, 6.45) is 0. The molecule has 2 aromatic rings. The SMILES string of the molecule is COc1ccc(CN=C(N)NCCOc2ccc3c(c2)OCO3)cc1OC. The predicted octanol–water partition coefficient (Wildman–Crippen LogP) is 1.92. The Labute approximate surface area is 157 Å². The molecular weight excluding hydrogens is 350 g/mol. The maximum atomic E-state index is 5.89. The molecule has 0 bridgehead atoms. The van der Waals surface area contributed by atoms with Crippen molar-refractivity contribution in [3.63, 3.8) is 0 Å². The highest BCUT2D eigenvalue weighted by molar-refractivity contribution is 5.77. The summed E-state index contributed by atoms with van der Waals surface area (Å²) in [6, 6.07) is 11.1. The highest BCUT2D eigenvalue weighted by Gasteiger charge is 2.13. The first-order valence-electron chi connectivity index (χ1n) is 8.46. The second-order valence-corrected chi connectivity index (χ2v) is 5.68. The number of methoxy groups -OCH3 is 2. The van der Waals surface area contributed by atoms with Crippen molar-refractivity contribution in [3.05, 3.63) is 42.0 Å². The van der Waals surface area contributed by atoms with Gasteiger partial charge in [-0.15, -0.1) is 0 Å². The molecule has 1 heterocycles. The van der Waals surface area contributed by atoms with Crippen molar-refractivity contribution in [2.75, 3.05) is 34.2 Å². The van der Waals surface area contributed by atoms with E-state index in [4.69, 9.17) is 29.4 Å². The van der Waals surface area contributed by atoms with E-state index in [1.165, 1.54) is 0 Å². The van der Waals surface area contributed by atoms with Crippen molar-refractivity contribution in [2.24, 2.45) is 10.7 Å². The molecule has 144 valence electrons. The number of hydrogen-bond acceptors (Lipinski definition) is 6. The van der Waals surface area contributed by atoms with Gasteiger partial charge in [0.15, 0.2) is 29.0 Å². The van der Waals surface area contributed by atoms with Gasteiger partial charge in [0.05, 0.1) is 27.3 Å². The third-order valence-electron chi connectivity index (χ3n) is 3.90. The number of fused-ring (bicyclic) bond motifs is 1. The Morgan fingerprint density at radius 2 is 1.89 bits per heavy atom. The van der Waals surface area contributed by atoms with E-state index in [-0.39, 0.29) is 6.79 Å². The lowest BCUT2D eigenvalue weighted by Gasteiger charge is -2.10. The number of nitrogens with zero attached hydrogens (tertiary/aromatic N) is 1. The topological polar surface area (TPSA) is 96.6 Å². The van der Waals surface area contributed by atoms with Crippen LogP contribution in [0.1, 0.15) is 5.56 Å². The number of nitrogens with two attached hydrogens (primary N) is 1. The van der Waals surface area contributed by atoms with Crippen LogP contribution in [-0.4, -0.2) is 40.1 Å². The number of guanidine groups is 1. The zero-order chi connectivity index (χ0) is 19.1. The highest BCUT2D eigenvalue weighted by atomic mass is 16.7. The number of benzene rings is 2. The summed E-state index contributed by atoms with van der Waals surface area (Å²) in [6.45, 7) is 1.64. The number of rotatable bonds is 8. The lowest BCUT2D eigenvalue weighted by atomic mass is 10.2. The smallest absolute Gasteiger partial charge is 0.231 e. The van der Waals surface area contributed by atoms with Crippen LogP contribution in [0, 0.1) is 0 Å². The van der Waals surface area contributed by atoms with Gasteiger partial charge in [-0.25, -0.2) is 4.99 Å². The van der Waals surface area contributed by atoms with Crippen LogP contribution in [0.25, 0.3) is 0 Å². The third kappa shape index (κ3) is 4.87. The van der Waals surface area contributed by atoms with Gasteiger partial charge in [-0.1, -0.05) is 6.07 Å². The van der Waals surface area contributed by atoms with Gasteiger partial charge < -0.3 is 34.7 Å². The molecule has 2 aromatic carbocycles. The molecule has 8 heteroatoms. The zero-order valence-electron chi connectivity index (χ0n) is 15.4. The average Bonchev–Trinajstić information content (AvgIpc) is 3.17. The van der Waals surface area contributed by atoms with Crippen LogP contribution < -0.4 is 34.7 Å². The monoisotopic (exact) mass is 373 g/mol. The largest absolute Gasteiger partial charge is 0.493 e. The minimum Gasteiger partial charge on any atom is -0.493 e. The first-order valence-corrected chi connectivity index (χ1v) is 8.46. The Morgan fingerprint density at radius 1 is 1.07 bits per heavy atom. The molecule has 1 aliphatic heterocycles. The number of nitrogens with one attached hydrogen (secondary N) is 1. The van der Waals surface area contributed by atoms with Crippen molar-refractivity contribution in [3.8, 4) is 28.7 Å². The van der Waals surface area contributed by atoms with E-state index in [2.05, 4.69) is 10.3 Å². The van der Waals surface area contributed by atoms with Gasteiger partial charge in [0.1, 0.15) is 12.4 Å². The summed E-state index contributed by atoms with van der Waals surface area (Å²) in [5, 5.41) is 3.02. The lowest BCUT2D eigenvalue weighted by molar-refractivity contribution is 0.173. The normalized spacial score (nSPS) is 12.6. The van der Waals surface area contributed by atoms with E-state index in [1.54, 1.807) is 20.3 Å². The fraction of sp³-hybridized carbons (Fsp3) is 0.316. The molecule has 0 amide bonds. The molecule has 0 aliphatic carbocycles. The van der Waals surface area contributed by atoms with E-state index in [0.29, 0.717) is 48.7 Å². The Bertz CT molecular complexity index is 810. The first-order chi connectivity index (χ1) is 13.2. The van der Waals surface area contributed by atoms with Crippen LogP contribution in [-0.2, 0) is 6.54 Å². The minimum absolute atomic E-state index is 0.243. The van der Waals surface area contributed by atoms with E-state index >= 15 is 0 Å². The van der Waals surface area contributed by atoms with Gasteiger partial charge in [-0.05, 0) is 29.8 Å². The summed E-state index contributed by atoms with van der Waals surface area (Å²) in [5.74, 6) is 3.82. The zero-order valence-corrected chi connectivity index (χ0v) is 15.4. The molecule has 8 nitrogen and oxygen atoms in total. The van der Waals surface area contributed by atoms with E-state index in [1.807, 2.05) is 30.3 Å². The summed E-state index contributed by atoms with van der Waals surface area (Å²) >= 11 is 0. The van der Waals surface area contributed by atoms with Gasteiger partial charge >= 0.3 is 0 Å². The van der Waals surface area contributed by atoms with Gasteiger partial charge in [0.2, 0.25) is 6.79 Å². The Hall–Kier alpha value is -3.29. The van der Waals surface area contributed by atoms with Crippen molar-refractivity contribution < 1.29 is 23.7 Å². The summed E-state index contributed by atoms with van der Waals surface area (Å²) in [5.41, 5.74) is 6.86. The second-order valence-electron chi connectivity index (χ2n) is 5.68. The fourth-order valence-electron chi connectivity index (χ4n) is 2.53. The summed E-state index contributed by atoms with van der Waals surface area (Å²) < 4.78 is 26.7. The molecule has 0 aromatic heterocycles. The number of aliphatic imine (C=N–C) groups is 1. The maximum absolute atomic E-state index is 5.89. The van der Waals surface area contributed by atoms with Crippen LogP contribution in [0.5, 0.6) is 28.7 Å². The van der Waals surface area contributed by atoms with E-state index in [0.717, 1.165) is 11.3 Å². The highest BCUT2D eigenvalue weighted by Crippen LogP contribution is 2.35. The van der Waals surface area contributed by atoms with Crippen LogP contribution in [0.4, 0.5) is 0 Å². The second kappa shape index (κ2) is 8.88. The average molecular weight is 373 g/mol. The summed E-state index contributed by atoms with van der Waals surface area (Å²) in [4.78, 5) is 4.31. The predicted molar refractivity (Wildman–Crippen MR) is 101 cm³/mol. The summed E-state index contributed by atoms with van der Waals surface area (Å²) in [7, 11) is 3.20. The minimum atomic E-state index is 0.243. The quantitative estimate of drug-likeness (QED) is 0.414. The first kappa shape index (κ1) is 18.5. The molecule has 27 heavy (non-hydrogen) atoms. The fourth-order valence-corrected chi connectivity index (χ4v) is 2.53. The van der Waals surface area contributed by atoms with Gasteiger partial charge in [0.25, 0.3) is 0 Å². The maximum Gasteiger partial charge on any atom is 0.231 e. The van der Waals surface area contributed by atoms with Crippen LogP contribution in [0.15, 0.2) is 41.4 Å². The van der Waals surface area contributed by atoms with Gasteiger partial charge in [-0.2, -0.15) is 0 Å². The molecule has 1 aliphatic rings. The van der Waals surface area contributed by atoms with Crippen LogP contribution >= 0.6 is 0 Å². The van der Waals surface area contributed by atoms with E-state index in [9.17, 15) is 0 Å². The van der Waals surface area contributed by atoms with Crippen molar-refractivity contribution in [1.29, 1.82) is 0 Å². The molecule has 0 saturated carbocycles. The molecule has 0 unspecified atom stereocenters. The molecule has 0 atom stereocenters. The third-order valence-corrected chi connectivity index (χ3v) is 3.90. The van der Waals surface area contributed by atoms with Gasteiger partial charge in [0, 0.05) is 6.07 Å². The van der Waals surface area contributed by atoms with Crippen LogP contribution in [0.3, 0.4) is 0 Å². The van der Waals surface area contributed by atoms with Crippen LogP contribution in [0.2, 0.25) is 0 Å². The molecule has 0 spiro atoms. The van der Waals surface area contributed by atoms with Gasteiger partial charge in [-0.3, -0.25) is 0 Å². The molecule has 0 radical (unpaired) electrons. The van der Waals surface area contributed by atoms with Crippen molar-refractivity contribution >= 4 is 5.96 Å². The molecule has 3 rings (SSSR count). The lowest BCUT2D eigenvalue weighted by Crippen LogP contribution is -2.34. The van der Waals surface area contributed by atoms with Crippen molar-refractivity contribution in [1.82, 2.24) is 5.32 Å². The molecular formula is C19H23N3O5. The molecule has 3 N–H and O–H groups in total. The number of ether oxygens (including phenoxy) is 5.